The topological polar surface area (TPSA) is 307 Å². The summed E-state index contributed by atoms with van der Waals surface area (Å²) < 4.78 is 34.4. The number of unbranched alkanes of at least 4 members (excludes halogenated alkanes) is 31. The molecule has 0 aromatic carbocycles. The lowest BCUT2D eigenvalue weighted by Crippen LogP contribution is -2.66. The first kappa shape index (κ1) is 96.4. The molecule has 106 heavy (non-hydrogen) atoms. The van der Waals surface area contributed by atoms with Gasteiger partial charge in [0, 0.05) is 6.42 Å². The number of allylic oxidation sites excluding steroid dienone is 19. The predicted octanol–water partition coefficient (Wildman–Crippen LogP) is 14.7. The van der Waals surface area contributed by atoms with Gasteiger partial charge in [0.15, 0.2) is 18.9 Å². The second-order valence-corrected chi connectivity index (χ2v) is 29.2. The van der Waals surface area contributed by atoms with Gasteiger partial charge in [0.1, 0.15) is 73.2 Å². The van der Waals surface area contributed by atoms with Crippen molar-refractivity contribution in [1.29, 1.82) is 0 Å². The van der Waals surface area contributed by atoms with E-state index in [0.717, 1.165) is 83.5 Å². The lowest BCUT2D eigenvalue weighted by molar-refractivity contribution is -0.379. The fraction of sp³-hybridized carbons (Fsp3) is 0.759. The Morgan fingerprint density at radius 1 is 0.349 bits per heavy atom. The van der Waals surface area contributed by atoms with Crippen molar-refractivity contribution in [1.82, 2.24) is 5.32 Å². The van der Waals surface area contributed by atoms with Gasteiger partial charge in [-0.15, -0.1) is 0 Å². The highest BCUT2D eigenvalue weighted by atomic mass is 16.8. The monoisotopic (exact) mass is 1500 g/mol. The van der Waals surface area contributed by atoms with Gasteiger partial charge in [-0.1, -0.05) is 322 Å². The average molecular weight is 1500 g/mol. The second kappa shape index (κ2) is 65.9. The molecular weight excluding hydrogens is 1350 g/mol. The summed E-state index contributed by atoms with van der Waals surface area (Å²) in [5.74, 6) is -0.335. The first-order valence-corrected chi connectivity index (χ1v) is 41.8. The van der Waals surface area contributed by atoms with Crippen molar-refractivity contribution in [3.8, 4) is 0 Å². The van der Waals surface area contributed by atoms with Gasteiger partial charge in [-0.05, 0) is 83.5 Å². The number of ether oxygens (including phenoxy) is 6. The standard InChI is InChI=1S/C87H149NO18/c1-3-5-7-9-11-13-15-17-19-21-23-25-27-29-31-33-34-35-37-38-40-42-44-46-48-50-52-54-56-58-60-62-64-71(92)70(88-75(93)65-63-61-59-57-55-53-51-49-47-45-43-41-39-36-32-30-28-26-24-22-20-18-16-14-12-10-8-6-4-2)69-101-85-81(99)78(96)83(73(67-90)103-85)106-87-82(100)79(97)84(74(68-91)104-87)105-86-80(98)77(95)76(94)72(66-89)102-86/h6,8,12,14,18,20,24,26,30,32,39,41,45,47,51,53,57,59,62,64,70-74,76-87,89-92,94-100H,3-5,7,9-11,13,15-17,19,21-23,25,27-29,31,33-38,40,42-44,46,48-50,52,54-56,58,60-61,63,65-69H2,1-2H3,(H,88,93)/b8-6-,14-12-,20-18-,26-24-,32-30-,41-39-,47-45-,53-51-,59-57-,64-62+. The van der Waals surface area contributed by atoms with Gasteiger partial charge < -0.3 is 89.9 Å². The van der Waals surface area contributed by atoms with Gasteiger partial charge >= 0.3 is 0 Å². The highest BCUT2D eigenvalue weighted by Crippen LogP contribution is 2.33. The summed E-state index contributed by atoms with van der Waals surface area (Å²) in [6.45, 7) is 1.60. The summed E-state index contributed by atoms with van der Waals surface area (Å²) in [6, 6.07) is -1.02. The third-order valence-electron chi connectivity index (χ3n) is 20.0. The smallest absolute Gasteiger partial charge is 0.220 e. The molecule has 3 saturated heterocycles. The van der Waals surface area contributed by atoms with Crippen molar-refractivity contribution < 1.29 is 89.4 Å². The first-order valence-electron chi connectivity index (χ1n) is 41.8. The molecule has 0 saturated carbocycles. The van der Waals surface area contributed by atoms with Gasteiger partial charge in [-0.2, -0.15) is 0 Å². The normalized spacial score (nSPS) is 26.3. The molecular formula is C87H149NO18. The third-order valence-corrected chi connectivity index (χ3v) is 20.0. The van der Waals surface area contributed by atoms with E-state index < -0.39 is 124 Å². The van der Waals surface area contributed by atoms with Crippen LogP contribution in [-0.2, 0) is 33.2 Å². The van der Waals surface area contributed by atoms with Crippen molar-refractivity contribution in [2.45, 2.75) is 394 Å². The minimum Gasteiger partial charge on any atom is -0.394 e. The number of nitrogens with one attached hydrogen (secondary N) is 1. The van der Waals surface area contributed by atoms with Crippen molar-refractivity contribution in [2.75, 3.05) is 26.4 Å². The SMILES string of the molecule is CC/C=C\C/C=C\C/C=C\C/C=C\C/C=C\C/C=C\C/C=C\C/C=C\C/C=C\CCCC(=O)NC(COC1OC(CO)C(OC2OC(CO)C(OC3OC(CO)C(O)C(O)C3O)C(O)C2O)C(O)C1O)C(O)/C=C/CCCCCCCCCCCCCCCCCCCCCCCCCCCCCCCC. The summed E-state index contributed by atoms with van der Waals surface area (Å²) in [4.78, 5) is 13.5. The Kier molecular flexibility index (Phi) is 59.9. The van der Waals surface area contributed by atoms with E-state index in [4.69, 9.17) is 28.4 Å². The van der Waals surface area contributed by atoms with Crippen molar-refractivity contribution in [2.24, 2.45) is 0 Å². The molecule has 17 atom stereocenters. The molecule has 19 nitrogen and oxygen atoms in total. The number of hydrogen-bond donors (Lipinski definition) is 12. The number of amides is 1. The van der Waals surface area contributed by atoms with Gasteiger partial charge in [-0.25, -0.2) is 0 Å². The lowest BCUT2D eigenvalue weighted by atomic mass is 9.96. The van der Waals surface area contributed by atoms with E-state index in [1.165, 1.54) is 173 Å². The lowest BCUT2D eigenvalue weighted by Gasteiger charge is -2.48. The van der Waals surface area contributed by atoms with Gasteiger partial charge in [0.05, 0.1) is 38.6 Å². The minimum absolute atomic E-state index is 0.156. The zero-order valence-electron chi connectivity index (χ0n) is 65.4. The van der Waals surface area contributed by atoms with Crippen molar-refractivity contribution in [3.63, 3.8) is 0 Å². The quantitative estimate of drug-likeness (QED) is 0.0199. The molecule has 3 fully saturated rings. The number of hydrogen-bond acceptors (Lipinski definition) is 18. The molecule has 1 amide bonds. The Labute approximate surface area is 639 Å². The van der Waals surface area contributed by atoms with Crippen LogP contribution in [-0.4, -0.2) is 193 Å². The molecule has 0 spiro atoms. The van der Waals surface area contributed by atoms with Crippen LogP contribution < -0.4 is 5.32 Å². The van der Waals surface area contributed by atoms with Crippen LogP contribution in [0.1, 0.15) is 290 Å². The number of aliphatic hydroxyl groups is 11. The first-order chi connectivity index (χ1) is 51.8. The fourth-order valence-electron chi connectivity index (χ4n) is 13.4. The van der Waals surface area contributed by atoms with E-state index in [9.17, 15) is 61.0 Å². The molecule has 0 aromatic heterocycles. The molecule has 3 rings (SSSR count). The Morgan fingerprint density at radius 3 is 1.01 bits per heavy atom. The van der Waals surface area contributed by atoms with Crippen LogP contribution in [0.3, 0.4) is 0 Å². The number of rotatable bonds is 65. The summed E-state index contributed by atoms with van der Waals surface area (Å²) in [7, 11) is 0. The maximum absolute atomic E-state index is 13.5. The zero-order valence-corrected chi connectivity index (χ0v) is 65.4. The van der Waals surface area contributed by atoms with Gasteiger partial charge in [0.2, 0.25) is 5.91 Å². The summed E-state index contributed by atoms with van der Waals surface area (Å²) in [6.07, 6.45) is 66.2. The zero-order chi connectivity index (χ0) is 76.7. The highest BCUT2D eigenvalue weighted by molar-refractivity contribution is 5.76. The van der Waals surface area contributed by atoms with Crippen LogP contribution in [0.25, 0.3) is 0 Å². The predicted molar refractivity (Wildman–Crippen MR) is 424 cm³/mol. The fourth-order valence-corrected chi connectivity index (χ4v) is 13.4. The highest BCUT2D eigenvalue weighted by Gasteiger charge is 2.54. The molecule has 610 valence electrons. The van der Waals surface area contributed by atoms with Crippen LogP contribution in [0.15, 0.2) is 122 Å². The minimum atomic E-state index is -1.99. The summed E-state index contributed by atoms with van der Waals surface area (Å²) in [5.41, 5.74) is 0. The van der Waals surface area contributed by atoms with Crippen LogP contribution in [0, 0.1) is 0 Å². The van der Waals surface area contributed by atoms with E-state index in [-0.39, 0.29) is 18.9 Å². The molecule has 0 radical (unpaired) electrons. The molecule has 19 heteroatoms. The Hall–Kier alpha value is -3.81. The average Bonchev–Trinajstić information content (AvgIpc) is 0.781. The van der Waals surface area contributed by atoms with Gasteiger partial charge in [-0.3, -0.25) is 4.79 Å². The van der Waals surface area contributed by atoms with Crippen LogP contribution in [0.4, 0.5) is 0 Å². The maximum Gasteiger partial charge on any atom is 0.220 e. The van der Waals surface area contributed by atoms with E-state index in [1.807, 2.05) is 12.2 Å². The van der Waals surface area contributed by atoms with E-state index in [2.05, 4.69) is 122 Å². The Balaban J connectivity index is 1.39. The van der Waals surface area contributed by atoms with Crippen LogP contribution in [0.5, 0.6) is 0 Å². The maximum atomic E-state index is 13.5. The molecule has 0 bridgehead atoms. The Morgan fingerprint density at radius 2 is 0.651 bits per heavy atom. The summed E-state index contributed by atoms with van der Waals surface area (Å²) >= 11 is 0. The number of aliphatic hydroxyl groups excluding tert-OH is 11. The van der Waals surface area contributed by atoms with Crippen molar-refractivity contribution in [3.05, 3.63) is 122 Å². The van der Waals surface area contributed by atoms with E-state index >= 15 is 0 Å². The van der Waals surface area contributed by atoms with E-state index in [1.54, 1.807) is 6.08 Å². The van der Waals surface area contributed by atoms with Crippen LogP contribution in [0.2, 0.25) is 0 Å². The van der Waals surface area contributed by atoms with Gasteiger partial charge in [0.25, 0.3) is 0 Å². The molecule has 3 aliphatic rings. The molecule has 12 N–H and O–H groups in total. The Bertz CT molecular complexity index is 2390. The molecule has 3 aliphatic heterocycles. The number of carbonyl (C=O) groups excluding carboxylic acids is 1. The number of carbonyl (C=O) groups is 1. The molecule has 17 unspecified atom stereocenters. The summed E-state index contributed by atoms with van der Waals surface area (Å²) in [5, 5.41) is 121. The molecule has 0 aromatic rings. The largest absolute Gasteiger partial charge is 0.394 e. The molecule has 0 aliphatic carbocycles. The van der Waals surface area contributed by atoms with E-state index in [0.29, 0.717) is 12.8 Å². The molecule has 3 heterocycles. The third kappa shape index (κ3) is 44.9. The van der Waals surface area contributed by atoms with Crippen molar-refractivity contribution >= 4 is 5.91 Å². The second-order valence-electron chi connectivity index (χ2n) is 29.2. The van der Waals surface area contributed by atoms with Crippen LogP contribution >= 0.6 is 0 Å².